The van der Waals surface area contributed by atoms with Gasteiger partial charge in [0.05, 0.1) is 0 Å². The first-order valence-electron chi connectivity index (χ1n) is 8.10. The number of hydrogen-bond acceptors (Lipinski definition) is 4. The number of benzene rings is 1. The molecule has 4 nitrogen and oxygen atoms in total. The van der Waals surface area contributed by atoms with Gasteiger partial charge in [0.1, 0.15) is 0 Å². The van der Waals surface area contributed by atoms with E-state index in [0.29, 0.717) is 0 Å². The van der Waals surface area contributed by atoms with Gasteiger partial charge in [0, 0.05) is 53.6 Å². The summed E-state index contributed by atoms with van der Waals surface area (Å²) in [7, 11) is 0. The lowest BCUT2D eigenvalue weighted by Crippen LogP contribution is -2.33. The zero-order valence-electron chi connectivity index (χ0n) is 13.0. The van der Waals surface area contributed by atoms with E-state index in [1.54, 1.807) is 0 Å². The van der Waals surface area contributed by atoms with E-state index in [2.05, 4.69) is 45.3 Å². The number of nitrogens with zero attached hydrogens (tertiary/aromatic N) is 3. The number of nitrogens with one attached hydrogen (secondary N) is 1. The average molecular weight is 324 g/mol. The van der Waals surface area contributed by atoms with Crippen LogP contribution in [0.25, 0.3) is 10.9 Å². The fraction of sp³-hybridized carbons (Fsp3) is 0.333. The summed E-state index contributed by atoms with van der Waals surface area (Å²) in [5, 5.41) is 1.31. The van der Waals surface area contributed by atoms with Crippen molar-refractivity contribution in [1.82, 2.24) is 15.0 Å². The minimum atomic E-state index is 0.890. The molecular formula is C18H20N4S. The van der Waals surface area contributed by atoms with Crippen molar-refractivity contribution in [3.63, 3.8) is 0 Å². The predicted octanol–water partition coefficient (Wildman–Crippen LogP) is 3.30. The van der Waals surface area contributed by atoms with E-state index in [0.717, 1.165) is 37.6 Å². The molecule has 3 aromatic rings. The van der Waals surface area contributed by atoms with Crippen LogP contribution in [0.1, 0.15) is 11.3 Å². The summed E-state index contributed by atoms with van der Waals surface area (Å²) >= 11 is 2.01. The standard InChI is InChI=1S/C18H20N4S/c1-2-4-17-16(3-1)14(13-20-17)5-6-15-7-8-19-18(21-15)22-9-11-23-12-10-22/h1-4,7-8,13,20H,5-6,9-12H2. The molecule has 1 N–H and O–H groups in total. The molecule has 0 radical (unpaired) electrons. The number of thioether (sulfide) groups is 1. The van der Waals surface area contributed by atoms with Gasteiger partial charge in [0.15, 0.2) is 0 Å². The highest BCUT2D eigenvalue weighted by molar-refractivity contribution is 7.99. The Hall–Kier alpha value is -2.01. The molecule has 4 rings (SSSR count). The van der Waals surface area contributed by atoms with Crippen molar-refractivity contribution in [3.8, 4) is 0 Å². The third-order valence-corrected chi connectivity index (χ3v) is 5.26. The second-order valence-corrected chi connectivity index (χ2v) is 7.03. The van der Waals surface area contributed by atoms with Gasteiger partial charge < -0.3 is 9.88 Å². The first kappa shape index (κ1) is 14.6. The van der Waals surface area contributed by atoms with Gasteiger partial charge in [0.2, 0.25) is 5.95 Å². The van der Waals surface area contributed by atoms with E-state index in [1.165, 1.54) is 28.0 Å². The van der Waals surface area contributed by atoms with Crippen LogP contribution >= 0.6 is 11.8 Å². The van der Waals surface area contributed by atoms with Gasteiger partial charge in [-0.3, -0.25) is 0 Å². The van der Waals surface area contributed by atoms with Crippen LogP contribution in [-0.2, 0) is 12.8 Å². The third-order valence-electron chi connectivity index (χ3n) is 4.32. The van der Waals surface area contributed by atoms with E-state index < -0.39 is 0 Å². The molecule has 1 fully saturated rings. The Morgan fingerprint density at radius 2 is 1.96 bits per heavy atom. The summed E-state index contributed by atoms with van der Waals surface area (Å²) in [6, 6.07) is 10.5. The smallest absolute Gasteiger partial charge is 0.225 e. The van der Waals surface area contributed by atoms with Crippen LogP contribution in [0.3, 0.4) is 0 Å². The molecule has 2 aromatic heterocycles. The monoisotopic (exact) mass is 324 g/mol. The number of rotatable bonds is 4. The van der Waals surface area contributed by atoms with Crippen molar-refractivity contribution in [3.05, 3.63) is 54.0 Å². The highest BCUT2D eigenvalue weighted by atomic mass is 32.2. The maximum Gasteiger partial charge on any atom is 0.225 e. The van der Waals surface area contributed by atoms with Crippen molar-refractivity contribution in [2.45, 2.75) is 12.8 Å². The molecule has 0 atom stereocenters. The second kappa shape index (κ2) is 6.62. The summed E-state index contributed by atoms with van der Waals surface area (Å²) in [5.74, 6) is 3.23. The SMILES string of the molecule is c1ccc2c(CCc3ccnc(N4CCSCC4)n3)c[nH]c2c1. The number of anilines is 1. The normalized spacial score (nSPS) is 15.2. The molecule has 0 aliphatic carbocycles. The first-order valence-corrected chi connectivity index (χ1v) is 9.25. The number of aromatic amines is 1. The van der Waals surface area contributed by atoms with Crippen molar-refractivity contribution in [2.75, 3.05) is 29.5 Å². The summed E-state index contributed by atoms with van der Waals surface area (Å²) in [5.41, 5.74) is 3.69. The van der Waals surface area contributed by atoms with Crippen LogP contribution in [0.4, 0.5) is 5.95 Å². The van der Waals surface area contributed by atoms with Crippen molar-refractivity contribution < 1.29 is 0 Å². The zero-order valence-corrected chi connectivity index (χ0v) is 13.9. The number of fused-ring (bicyclic) bond motifs is 1. The van der Waals surface area contributed by atoms with Crippen LogP contribution in [0, 0.1) is 0 Å². The lowest BCUT2D eigenvalue weighted by molar-refractivity contribution is 0.798. The first-order chi connectivity index (χ1) is 11.4. The highest BCUT2D eigenvalue weighted by Gasteiger charge is 2.14. The lowest BCUT2D eigenvalue weighted by Gasteiger charge is -2.26. The molecule has 0 amide bonds. The van der Waals surface area contributed by atoms with Gasteiger partial charge in [-0.05, 0) is 30.5 Å². The summed E-state index contributed by atoms with van der Waals surface area (Å²) in [6.07, 6.45) is 5.96. The van der Waals surface area contributed by atoms with Gasteiger partial charge >= 0.3 is 0 Å². The molecule has 1 aliphatic heterocycles. The van der Waals surface area contributed by atoms with E-state index in [9.17, 15) is 0 Å². The van der Waals surface area contributed by atoms with Gasteiger partial charge in [0.25, 0.3) is 0 Å². The number of H-pyrrole nitrogens is 1. The third kappa shape index (κ3) is 3.20. The summed E-state index contributed by atoms with van der Waals surface area (Å²) in [4.78, 5) is 14.9. The fourth-order valence-electron chi connectivity index (χ4n) is 3.04. The largest absolute Gasteiger partial charge is 0.361 e. The Morgan fingerprint density at radius 3 is 2.87 bits per heavy atom. The second-order valence-electron chi connectivity index (χ2n) is 5.81. The molecule has 118 valence electrons. The molecule has 0 saturated carbocycles. The maximum atomic E-state index is 4.77. The predicted molar refractivity (Wildman–Crippen MR) is 97.3 cm³/mol. The molecule has 0 unspecified atom stereocenters. The molecule has 23 heavy (non-hydrogen) atoms. The Kier molecular flexibility index (Phi) is 4.20. The van der Waals surface area contributed by atoms with Gasteiger partial charge in [-0.25, -0.2) is 9.97 Å². The molecule has 1 aromatic carbocycles. The van der Waals surface area contributed by atoms with Crippen LogP contribution in [0.2, 0.25) is 0 Å². The minimum Gasteiger partial charge on any atom is -0.361 e. The van der Waals surface area contributed by atoms with Crippen molar-refractivity contribution >= 4 is 28.6 Å². The molecule has 1 aliphatic rings. The summed E-state index contributed by atoms with van der Waals surface area (Å²) < 4.78 is 0. The Balaban J connectivity index is 1.48. The van der Waals surface area contributed by atoms with Crippen LogP contribution in [-0.4, -0.2) is 39.5 Å². The number of para-hydroxylation sites is 1. The molecule has 0 spiro atoms. The molecule has 3 heterocycles. The van der Waals surface area contributed by atoms with Crippen molar-refractivity contribution in [2.24, 2.45) is 0 Å². The Morgan fingerprint density at radius 1 is 1.09 bits per heavy atom. The molecule has 5 heteroatoms. The Bertz CT molecular complexity index is 792. The number of aryl methyl sites for hydroxylation is 2. The Labute approximate surface area is 140 Å². The quantitative estimate of drug-likeness (QED) is 0.800. The van der Waals surface area contributed by atoms with Crippen LogP contribution in [0.5, 0.6) is 0 Å². The van der Waals surface area contributed by atoms with E-state index in [4.69, 9.17) is 4.98 Å². The maximum absolute atomic E-state index is 4.77. The summed E-state index contributed by atoms with van der Waals surface area (Å²) in [6.45, 7) is 2.10. The van der Waals surface area contributed by atoms with E-state index in [-0.39, 0.29) is 0 Å². The van der Waals surface area contributed by atoms with E-state index in [1.807, 2.05) is 24.0 Å². The highest BCUT2D eigenvalue weighted by Crippen LogP contribution is 2.20. The topological polar surface area (TPSA) is 44.8 Å². The van der Waals surface area contributed by atoms with Crippen LogP contribution in [0.15, 0.2) is 42.7 Å². The van der Waals surface area contributed by atoms with E-state index >= 15 is 0 Å². The van der Waals surface area contributed by atoms with Gasteiger partial charge in [-0.1, -0.05) is 18.2 Å². The minimum absolute atomic E-state index is 0.890. The van der Waals surface area contributed by atoms with Gasteiger partial charge in [-0.2, -0.15) is 11.8 Å². The number of hydrogen-bond donors (Lipinski definition) is 1. The molecular weight excluding hydrogens is 304 g/mol. The van der Waals surface area contributed by atoms with Crippen LogP contribution < -0.4 is 4.90 Å². The van der Waals surface area contributed by atoms with Crippen molar-refractivity contribution in [1.29, 1.82) is 0 Å². The number of aromatic nitrogens is 3. The fourth-order valence-corrected chi connectivity index (χ4v) is 3.94. The lowest BCUT2D eigenvalue weighted by atomic mass is 10.1. The average Bonchev–Trinajstić information content (AvgIpc) is 3.04. The zero-order chi connectivity index (χ0) is 15.5. The van der Waals surface area contributed by atoms with Gasteiger partial charge in [-0.15, -0.1) is 0 Å². The molecule has 1 saturated heterocycles. The molecule has 0 bridgehead atoms.